The van der Waals surface area contributed by atoms with Crippen LogP contribution in [0.1, 0.15) is 0 Å². The maximum Gasteiger partial charge on any atom is 0.0981 e. The standard InChI is InChI=1S/C8H5IO/c9-8-2-1-6-4-10-5-7(6)3-8/h1-5H. The SMILES string of the molecule is Ic1ccc2cocc2c1. The molecule has 0 saturated carbocycles. The van der Waals surface area contributed by atoms with Gasteiger partial charge in [-0.25, -0.2) is 0 Å². The Kier molecular flexibility index (Phi) is 1.41. The lowest BCUT2D eigenvalue weighted by molar-refractivity contribution is 0.572. The van der Waals surface area contributed by atoms with Crippen LogP contribution in [0.2, 0.25) is 0 Å². The highest BCUT2D eigenvalue weighted by molar-refractivity contribution is 14.1. The number of hydrogen-bond donors (Lipinski definition) is 0. The van der Waals surface area contributed by atoms with Crippen molar-refractivity contribution in [2.45, 2.75) is 0 Å². The van der Waals surface area contributed by atoms with Crippen molar-refractivity contribution in [1.82, 2.24) is 0 Å². The first-order chi connectivity index (χ1) is 4.86. The first-order valence-corrected chi connectivity index (χ1v) is 4.05. The molecule has 10 heavy (non-hydrogen) atoms. The normalized spacial score (nSPS) is 10.5. The van der Waals surface area contributed by atoms with Crippen molar-refractivity contribution in [2.24, 2.45) is 0 Å². The van der Waals surface area contributed by atoms with Crippen LogP contribution in [-0.2, 0) is 0 Å². The number of halogens is 1. The van der Waals surface area contributed by atoms with Gasteiger partial charge in [0.2, 0.25) is 0 Å². The summed E-state index contributed by atoms with van der Waals surface area (Å²) in [6.45, 7) is 0. The van der Waals surface area contributed by atoms with E-state index < -0.39 is 0 Å². The summed E-state index contributed by atoms with van der Waals surface area (Å²) in [4.78, 5) is 0. The number of furan rings is 1. The zero-order valence-corrected chi connectivity index (χ0v) is 7.33. The minimum atomic E-state index is 1.17. The summed E-state index contributed by atoms with van der Waals surface area (Å²) in [7, 11) is 0. The van der Waals surface area contributed by atoms with Gasteiger partial charge in [0, 0.05) is 14.3 Å². The van der Waals surface area contributed by atoms with Crippen molar-refractivity contribution in [3.05, 3.63) is 34.3 Å². The Bertz CT molecular complexity index is 351. The van der Waals surface area contributed by atoms with E-state index in [0.717, 1.165) is 0 Å². The Hall–Kier alpha value is -0.510. The summed E-state index contributed by atoms with van der Waals surface area (Å²) in [5.41, 5.74) is 0. The Morgan fingerprint density at radius 2 is 1.90 bits per heavy atom. The highest BCUT2D eigenvalue weighted by atomic mass is 127. The van der Waals surface area contributed by atoms with Crippen LogP contribution in [0.15, 0.2) is 35.1 Å². The summed E-state index contributed by atoms with van der Waals surface area (Å²) in [5.74, 6) is 0. The Morgan fingerprint density at radius 3 is 2.80 bits per heavy atom. The molecule has 1 nitrogen and oxygen atoms in total. The van der Waals surface area contributed by atoms with E-state index in [9.17, 15) is 0 Å². The second-order valence-corrected chi connectivity index (χ2v) is 3.39. The molecule has 2 heteroatoms. The molecule has 0 N–H and O–H groups in total. The molecule has 0 saturated heterocycles. The predicted molar refractivity (Wildman–Crippen MR) is 48.9 cm³/mol. The van der Waals surface area contributed by atoms with Gasteiger partial charge in [0.05, 0.1) is 12.5 Å². The molecule has 2 rings (SSSR count). The highest BCUT2D eigenvalue weighted by Crippen LogP contribution is 2.17. The van der Waals surface area contributed by atoms with Crippen LogP contribution in [-0.4, -0.2) is 0 Å². The molecule has 0 fully saturated rings. The molecule has 0 aliphatic rings. The zero-order valence-electron chi connectivity index (χ0n) is 5.17. The van der Waals surface area contributed by atoms with E-state index in [0.29, 0.717) is 0 Å². The topological polar surface area (TPSA) is 13.1 Å². The maximum absolute atomic E-state index is 5.02. The van der Waals surface area contributed by atoms with Gasteiger partial charge in [-0.3, -0.25) is 0 Å². The van der Waals surface area contributed by atoms with Crippen molar-refractivity contribution in [3.63, 3.8) is 0 Å². The second-order valence-electron chi connectivity index (χ2n) is 2.15. The molecule has 0 aliphatic carbocycles. The minimum absolute atomic E-state index is 1.17. The third-order valence-corrected chi connectivity index (χ3v) is 2.11. The van der Waals surface area contributed by atoms with Gasteiger partial charge in [-0.15, -0.1) is 0 Å². The molecule has 1 aromatic carbocycles. The van der Waals surface area contributed by atoms with Crippen LogP contribution in [0, 0.1) is 3.57 Å². The minimum Gasteiger partial charge on any atom is -0.471 e. The molecule has 0 spiro atoms. The lowest BCUT2D eigenvalue weighted by atomic mass is 10.2. The lowest BCUT2D eigenvalue weighted by Crippen LogP contribution is -1.66. The Labute approximate surface area is 72.2 Å². The van der Waals surface area contributed by atoms with E-state index in [1.54, 1.807) is 12.5 Å². The third kappa shape index (κ3) is 0.923. The Balaban J connectivity index is 2.86. The monoisotopic (exact) mass is 244 g/mol. The summed E-state index contributed by atoms with van der Waals surface area (Å²) in [6, 6.07) is 6.22. The molecule has 1 heterocycles. The molecule has 2 aromatic rings. The van der Waals surface area contributed by atoms with Gasteiger partial charge in [0.15, 0.2) is 0 Å². The fourth-order valence-corrected chi connectivity index (χ4v) is 1.45. The van der Waals surface area contributed by atoms with Gasteiger partial charge >= 0.3 is 0 Å². The van der Waals surface area contributed by atoms with Crippen molar-refractivity contribution in [1.29, 1.82) is 0 Å². The van der Waals surface area contributed by atoms with Gasteiger partial charge in [0.25, 0.3) is 0 Å². The molecule has 50 valence electrons. The van der Waals surface area contributed by atoms with Crippen LogP contribution in [0.25, 0.3) is 10.8 Å². The summed E-state index contributed by atoms with van der Waals surface area (Å²) in [6.07, 6.45) is 3.52. The maximum atomic E-state index is 5.02. The van der Waals surface area contributed by atoms with Gasteiger partial charge in [0.1, 0.15) is 0 Å². The zero-order chi connectivity index (χ0) is 6.97. The number of fused-ring (bicyclic) bond motifs is 1. The van der Waals surface area contributed by atoms with Crippen LogP contribution in [0.4, 0.5) is 0 Å². The van der Waals surface area contributed by atoms with Crippen LogP contribution in [0.5, 0.6) is 0 Å². The van der Waals surface area contributed by atoms with Gasteiger partial charge < -0.3 is 4.42 Å². The van der Waals surface area contributed by atoms with Crippen molar-refractivity contribution in [3.8, 4) is 0 Å². The molecule has 1 aromatic heterocycles. The van der Waals surface area contributed by atoms with Crippen LogP contribution in [0.3, 0.4) is 0 Å². The molecular formula is C8H5IO. The molecule has 0 bridgehead atoms. The average Bonchev–Trinajstić information content (AvgIpc) is 2.33. The second kappa shape index (κ2) is 2.27. The summed E-state index contributed by atoms with van der Waals surface area (Å²) < 4.78 is 6.26. The molecular weight excluding hydrogens is 239 g/mol. The number of hydrogen-bond acceptors (Lipinski definition) is 1. The molecule has 0 aliphatic heterocycles. The summed E-state index contributed by atoms with van der Waals surface area (Å²) in [5, 5.41) is 2.34. The van der Waals surface area contributed by atoms with E-state index in [2.05, 4.69) is 40.8 Å². The van der Waals surface area contributed by atoms with Crippen LogP contribution >= 0.6 is 22.6 Å². The number of rotatable bonds is 0. The van der Waals surface area contributed by atoms with E-state index in [1.165, 1.54) is 14.3 Å². The first-order valence-electron chi connectivity index (χ1n) is 2.98. The van der Waals surface area contributed by atoms with Crippen molar-refractivity contribution in [2.75, 3.05) is 0 Å². The molecule has 0 radical (unpaired) electrons. The third-order valence-electron chi connectivity index (χ3n) is 1.44. The molecule has 0 unspecified atom stereocenters. The van der Waals surface area contributed by atoms with Crippen molar-refractivity contribution >= 4 is 33.4 Å². The van der Waals surface area contributed by atoms with E-state index >= 15 is 0 Å². The fourth-order valence-electron chi connectivity index (χ4n) is 0.936. The Morgan fingerprint density at radius 1 is 1.10 bits per heavy atom. The van der Waals surface area contributed by atoms with Gasteiger partial charge in [-0.1, -0.05) is 6.07 Å². The van der Waals surface area contributed by atoms with E-state index in [-0.39, 0.29) is 0 Å². The molecule has 0 amide bonds. The van der Waals surface area contributed by atoms with Gasteiger partial charge in [-0.2, -0.15) is 0 Å². The number of benzene rings is 1. The van der Waals surface area contributed by atoms with Crippen molar-refractivity contribution < 1.29 is 4.42 Å². The fraction of sp³-hybridized carbons (Fsp3) is 0. The van der Waals surface area contributed by atoms with E-state index in [4.69, 9.17) is 4.42 Å². The summed E-state index contributed by atoms with van der Waals surface area (Å²) >= 11 is 2.28. The highest BCUT2D eigenvalue weighted by Gasteiger charge is 1.93. The van der Waals surface area contributed by atoms with Crippen LogP contribution < -0.4 is 0 Å². The lowest BCUT2D eigenvalue weighted by Gasteiger charge is -1.87. The van der Waals surface area contributed by atoms with Gasteiger partial charge in [-0.05, 0) is 34.7 Å². The largest absolute Gasteiger partial charge is 0.471 e. The molecule has 0 atom stereocenters. The van der Waals surface area contributed by atoms with E-state index in [1.807, 2.05) is 0 Å². The first kappa shape index (κ1) is 6.22. The predicted octanol–water partition coefficient (Wildman–Crippen LogP) is 3.04. The average molecular weight is 244 g/mol. The smallest absolute Gasteiger partial charge is 0.0981 e. The quantitative estimate of drug-likeness (QED) is 0.649.